The number of hydrogen-bond donors (Lipinski definition) is 1. The van der Waals surface area contributed by atoms with Gasteiger partial charge in [-0.05, 0) is 48.7 Å². The van der Waals surface area contributed by atoms with Crippen LogP contribution in [0.15, 0.2) is 66.7 Å². The van der Waals surface area contributed by atoms with Gasteiger partial charge in [0, 0.05) is 29.2 Å². The zero-order valence-corrected chi connectivity index (χ0v) is 19.8. The topological polar surface area (TPSA) is 63.6 Å². The van der Waals surface area contributed by atoms with Gasteiger partial charge in [-0.3, -0.25) is 9.59 Å². The first kappa shape index (κ1) is 21.8. The zero-order chi connectivity index (χ0) is 24.0. The highest BCUT2D eigenvalue weighted by Gasteiger charge is 2.42. The van der Waals surface area contributed by atoms with E-state index in [9.17, 15) is 9.59 Å². The van der Waals surface area contributed by atoms with Crippen LogP contribution in [-0.2, 0) is 11.8 Å². The van der Waals surface area contributed by atoms with E-state index in [1.807, 2.05) is 92.2 Å². The molecule has 3 aromatic carbocycles. The molecule has 5 rings (SSSR count). The Hall–Kier alpha value is -4.06. The Morgan fingerprint density at radius 1 is 0.971 bits per heavy atom. The number of aryl methyl sites for hydroxylation is 3. The largest absolute Gasteiger partial charge is 0.497 e. The van der Waals surface area contributed by atoms with Gasteiger partial charge in [-0.1, -0.05) is 48.5 Å². The summed E-state index contributed by atoms with van der Waals surface area (Å²) in [6.07, 6.45) is 0. The third-order valence-corrected chi connectivity index (χ3v) is 6.69. The van der Waals surface area contributed by atoms with E-state index in [1.165, 1.54) is 0 Å². The van der Waals surface area contributed by atoms with Gasteiger partial charge in [-0.15, -0.1) is 0 Å². The minimum atomic E-state index is -0.372. The normalized spacial score (nSPS) is 15.0. The van der Waals surface area contributed by atoms with E-state index in [2.05, 4.69) is 5.32 Å². The summed E-state index contributed by atoms with van der Waals surface area (Å²) < 4.78 is 7.27. The molecule has 0 bridgehead atoms. The van der Waals surface area contributed by atoms with Crippen LogP contribution in [0.1, 0.15) is 38.8 Å². The molecule has 4 aromatic rings. The van der Waals surface area contributed by atoms with Gasteiger partial charge in [0.25, 0.3) is 5.91 Å². The van der Waals surface area contributed by atoms with Gasteiger partial charge in [0.05, 0.1) is 13.2 Å². The average molecular weight is 454 g/mol. The third-order valence-electron chi connectivity index (χ3n) is 6.69. The Kier molecular flexibility index (Phi) is 5.36. The highest BCUT2D eigenvalue weighted by molar-refractivity contribution is 6.08. The summed E-state index contributed by atoms with van der Waals surface area (Å²) in [6.45, 7) is 3.88. The smallest absolute Gasteiger partial charge is 0.272 e. The number of carbonyl (C=O) groups excluding carboxylic acids is 2. The van der Waals surface area contributed by atoms with Crippen LogP contribution in [-0.4, -0.2) is 34.9 Å². The second-order valence-corrected chi connectivity index (χ2v) is 8.76. The highest BCUT2D eigenvalue weighted by atomic mass is 16.5. The summed E-state index contributed by atoms with van der Waals surface area (Å²) in [6, 6.07) is 21.2. The number of fused-ring (bicyclic) bond motifs is 3. The zero-order valence-electron chi connectivity index (χ0n) is 19.8. The number of benzene rings is 3. The number of amides is 2. The first-order valence-electron chi connectivity index (χ1n) is 11.3. The summed E-state index contributed by atoms with van der Waals surface area (Å²) in [5.41, 5.74) is 6.27. The van der Waals surface area contributed by atoms with Gasteiger partial charge in [-0.25, -0.2) is 0 Å². The summed E-state index contributed by atoms with van der Waals surface area (Å²) in [5, 5.41) is 4.05. The van der Waals surface area contributed by atoms with Crippen molar-refractivity contribution in [2.75, 3.05) is 19.0 Å². The number of methoxy groups -OCH3 is 1. The predicted molar refractivity (Wildman–Crippen MR) is 133 cm³/mol. The van der Waals surface area contributed by atoms with Crippen LogP contribution >= 0.6 is 0 Å². The molecule has 34 heavy (non-hydrogen) atoms. The van der Waals surface area contributed by atoms with E-state index in [0.29, 0.717) is 5.69 Å². The molecule has 0 saturated carbocycles. The molecule has 6 heteroatoms. The Labute approximate surface area is 198 Å². The van der Waals surface area contributed by atoms with Crippen LogP contribution in [0.2, 0.25) is 0 Å². The van der Waals surface area contributed by atoms with Crippen molar-refractivity contribution >= 4 is 28.4 Å². The molecule has 2 amide bonds. The van der Waals surface area contributed by atoms with Crippen LogP contribution in [0.4, 0.5) is 5.69 Å². The lowest BCUT2D eigenvalue weighted by Gasteiger charge is -2.26. The minimum absolute atomic E-state index is 0.0493. The summed E-state index contributed by atoms with van der Waals surface area (Å²) >= 11 is 0. The Morgan fingerprint density at radius 2 is 1.65 bits per heavy atom. The van der Waals surface area contributed by atoms with E-state index in [-0.39, 0.29) is 24.4 Å². The fourth-order valence-corrected chi connectivity index (χ4v) is 5.01. The van der Waals surface area contributed by atoms with E-state index in [0.717, 1.165) is 44.6 Å². The molecule has 2 heterocycles. The monoisotopic (exact) mass is 453 g/mol. The van der Waals surface area contributed by atoms with Crippen LogP contribution < -0.4 is 10.1 Å². The van der Waals surface area contributed by atoms with Gasteiger partial charge >= 0.3 is 0 Å². The minimum Gasteiger partial charge on any atom is -0.497 e. The molecule has 0 fully saturated rings. The lowest BCUT2D eigenvalue weighted by molar-refractivity contribution is -0.117. The van der Waals surface area contributed by atoms with Crippen LogP contribution in [0.3, 0.4) is 0 Å². The SMILES string of the molecule is COc1ccc([C@H]2c3c(n(C)c4ccccc34)C(=O)N2CC(=O)Nc2c(C)cccc2C)cc1. The Morgan fingerprint density at radius 3 is 2.32 bits per heavy atom. The van der Waals surface area contributed by atoms with E-state index >= 15 is 0 Å². The number of nitrogens with zero attached hydrogens (tertiary/aromatic N) is 2. The van der Waals surface area contributed by atoms with Gasteiger partial charge in [0.15, 0.2) is 0 Å². The van der Waals surface area contributed by atoms with E-state index in [4.69, 9.17) is 4.74 Å². The number of hydrogen-bond acceptors (Lipinski definition) is 3. The lowest BCUT2D eigenvalue weighted by atomic mass is 9.98. The molecule has 0 unspecified atom stereocenters. The number of ether oxygens (including phenoxy) is 1. The first-order chi connectivity index (χ1) is 16.4. The maximum atomic E-state index is 13.7. The predicted octanol–water partition coefficient (Wildman–Crippen LogP) is 4.99. The number of para-hydroxylation sites is 2. The molecule has 0 aliphatic carbocycles. The standard InChI is InChI=1S/C28H27N3O3/c1-17-8-7-9-18(2)25(17)29-23(32)16-31-26(19-12-14-20(34-4)15-13-19)24-21-10-5-6-11-22(21)30(3)27(24)28(31)33/h5-15,26H,16H2,1-4H3,(H,29,32)/t26-/m0/s1. The van der Waals surface area contributed by atoms with Crippen molar-refractivity contribution in [1.82, 2.24) is 9.47 Å². The van der Waals surface area contributed by atoms with Crippen molar-refractivity contribution in [2.45, 2.75) is 19.9 Å². The quantitative estimate of drug-likeness (QED) is 0.463. The Balaban J connectivity index is 1.57. The second kappa shape index (κ2) is 8.37. The number of anilines is 1. The summed E-state index contributed by atoms with van der Waals surface area (Å²) in [7, 11) is 3.53. The number of nitrogens with one attached hydrogen (secondary N) is 1. The molecule has 1 aliphatic heterocycles. The molecule has 1 atom stereocenters. The number of carbonyl (C=O) groups is 2. The molecule has 0 radical (unpaired) electrons. The lowest BCUT2D eigenvalue weighted by Crippen LogP contribution is -2.37. The van der Waals surface area contributed by atoms with Crippen LogP contribution in [0.5, 0.6) is 5.75 Å². The van der Waals surface area contributed by atoms with Crippen molar-refractivity contribution in [3.05, 3.63) is 94.7 Å². The van der Waals surface area contributed by atoms with Gasteiger partial charge in [0.2, 0.25) is 5.91 Å². The average Bonchev–Trinajstić information content (AvgIpc) is 3.29. The molecule has 1 N–H and O–H groups in total. The maximum Gasteiger partial charge on any atom is 0.272 e. The number of rotatable bonds is 5. The maximum absolute atomic E-state index is 13.7. The van der Waals surface area contributed by atoms with Crippen molar-refractivity contribution < 1.29 is 14.3 Å². The molecule has 6 nitrogen and oxygen atoms in total. The summed E-state index contributed by atoms with van der Waals surface area (Å²) in [4.78, 5) is 28.6. The Bertz CT molecular complexity index is 1400. The molecule has 0 saturated heterocycles. The first-order valence-corrected chi connectivity index (χ1v) is 11.3. The van der Waals surface area contributed by atoms with Crippen LogP contribution in [0.25, 0.3) is 10.9 Å². The van der Waals surface area contributed by atoms with Crippen molar-refractivity contribution in [3.63, 3.8) is 0 Å². The van der Waals surface area contributed by atoms with Crippen molar-refractivity contribution in [3.8, 4) is 5.75 Å². The van der Waals surface area contributed by atoms with Crippen molar-refractivity contribution in [2.24, 2.45) is 7.05 Å². The van der Waals surface area contributed by atoms with Crippen molar-refractivity contribution in [1.29, 1.82) is 0 Å². The van der Waals surface area contributed by atoms with Gasteiger partial charge < -0.3 is 19.5 Å². The van der Waals surface area contributed by atoms with Gasteiger partial charge in [0.1, 0.15) is 18.0 Å². The number of aromatic nitrogens is 1. The second-order valence-electron chi connectivity index (χ2n) is 8.76. The third kappa shape index (κ3) is 3.43. The van der Waals surface area contributed by atoms with E-state index in [1.54, 1.807) is 12.0 Å². The molecule has 0 spiro atoms. The molecule has 172 valence electrons. The van der Waals surface area contributed by atoms with Gasteiger partial charge in [-0.2, -0.15) is 0 Å². The summed E-state index contributed by atoms with van der Waals surface area (Å²) in [5.74, 6) is 0.373. The molecule has 1 aliphatic rings. The fraction of sp³-hybridized carbons (Fsp3) is 0.214. The highest BCUT2D eigenvalue weighted by Crippen LogP contribution is 2.44. The molecular weight excluding hydrogens is 426 g/mol. The fourth-order valence-electron chi connectivity index (χ4n) is 5.01. The molecule has 1 aromatic heterocycles. The van der Waals surface area contributed by atoms with E-state index < -0.39 is 0 Å². The molecular formula is C28H27N3O3. The van der Waals surface area contributed by atoms with Crippen LogP contribution in [0, 0.1) is 13.8 Å².